The van der Waals surface area contributed by atoms with Gasteiger partial charge in [0.25, 0.3) is 11.8 Å². The van der Waals surface area contributed by atoms with Gasteiger partial charge in [0.1, 0.15) is 6.61 Å². The monoisotopic (exact) mass is 1240 g/mol. The molecule has 0 radical (unpaired) electrons. The zero-order valence-electron chi connectivity index (χ0n) is 53.2. The first kappa shape index (κ1) is 74.1. The van der Waals surface area contributed by atoms with Crippen LogP contribution in [0.4, 0.5) is 11.4 Å². The van der Waals surface area contributed by atoms with E-state index in [9.17, 15) is 14.4 Å². The summed E-state index contributed by atoms with van der Waals surface area (Å²) in [6.07, 6.45) is 9.93. The fraction of sp³-hybridized carbons (Fsp3) is 0.692. The van der Waals surface area contributed by atoms with E-state index in [-0.39, 0.29) is 43.3 Å². The van der Waals surface area contributed by atoms with Crippen molar-refractivity contribution in [3.8, 4) is 0 Å². The topological polar surface area (TPSA) is 218 Å². The molecule has 88 heavy (non-hydrogen) atoms. The lowest BCUT2D eigenvalue weighted by Crippen LogP contribution is -2.34. The van der Waals surface area contributed by atoms with E-state index < -0.39 is 17.8 Å². The second-order valence-corrected chi connectivity index (χ2v) is 21.2. The van der Waals surface area contributed by atoms with Gasteiger partial charge in [0.05, 0.1) is 184 Å². The first-order chi connectivity index (χ1) is 43.2. The zero-order chi connectivity index (χ0) is 62.6. The largest absolute Gasteiger partial charge is 0.382 e. The third kappa shape index (κ3) is 26.7. The van der Waals surface area contributed by atoms with Crippen molar-refractivity contribution in [2.45, 2.75) is 69.6 Å². The summed E-state index contributed by atoms with van der Waals surface area (Å²) in [7, 11) is 4.97. The molecule has 1 fully saturated rings. The Bertz CT molecular complexity index is 2320. The van der Waals surface area contributed by atoms with Gasteiger partial charge < -0.3 is 85.5 Å². The van der Waals surface area contributed by atoms with Crippen LogP contribution in [0, 0.1) is 0 Å². The van der Waals surface area contributed by atoms with Crippen molar-refractivity contribution in [2.24, 2.45) is 0 Å². The quantitative estimate of drug-likeness (QED) is 0.0423. The van der Waals surface area contributed by atoms with Crippen LogP contribution in [0.3, 0.4) is 0 Å². The lowest BCUT2D eigenvalue weighted by molar-refractivity contribution is -0.444. The first-order valence-electron chi connectivity index (χ1n) is 31.2. The van der Waals surface area contributed by atoms with Crippen LogP contribution in [0.1, 0.15) is 69.9 Å². The maximum atomic E-state index is 12.0. The number of rotatable bonds is 56. The van der Waals surface area contributed by atoms with Crippen molar-refractivity contribution >= 4 is 34.9 Å². The molecule has 2 aromatic carbocycles. The SMILES string of the molecule is COCCOCCOCCOCC[N+]1=C(CC/C=C/C=C2/N(CCOCCOCCOCCOCCC(=O)ON3C(=O)CCC3=O)c3ccccc3C2(C)CCOCCOCCOCCOC)C(C)(CCOCCOCCOCCOC)c2ccccc21. The summed E-state index contributed by atoms with van der Waals surface area (Å²) >= 11 is 0. The van der Waals surface area contributed by atoms with Crippen molar-refractivity contribution in [3.63, 3.8) is 0 Å². The van der Waals surface area contributed by atoms with Crippen molar-refractivity contribution < 1.29 is 99.6 Å². The van der Waals surface area contributed by atoms with Gasteiger partial charge >= 0.3 is 5.97 Å². The number of methoxy groups -OCH3 is 3. The summed E-state index contributed by atoms with van der Waals surface area (Å²) in [4.78, 5) is 42.5. The highest BCUT2D eigenvalue weighted by atomic mass is 16.7. The molecule has 0 saturated carbocycles. The number of ether oxygens (including phenoxy) is 16. The number of carbonyl (C=O) groups is 3. The first-order valence-corrected chi connectivity index (χ1v) is 31.2. The summed E-state index contributed by atoms with van der Waals surface area (Å²) in [6, 6.07) is 17.3. The second kappa shape index (κ2) is 45.6. The number of nitrogens with zero attached hydrogens (tertiary/aromatic N) is 3. The minimum Gasteiger partial charge on any atom is -0.382 e. The van der Waals surface area contributed by atoms with E-state index in [2.05, 4.69) is 90.1 Å². The summed E-state index contributed by atoms with van der Waals surface area (Å²) in [5.74, 6) is -1.74. The molecule has 1 saturated heterocycles. The molecule has 496 valence electrons. The van der Waals surface area contributed by atoms with Gasteiger partial charge in [0, 0.05) is 88.8 Å². The summed E-state index contributed by atoms with van der Waals surface area (Å²) in [5, 5.41) is 0.530. The van der Waals surface area contributed by atoms with Crippen LogP contribution in [0.15, 0.2) is 72.5 Å². The van der Waals surface area contributed by atoms with Crippen LogP contribution in [-0.4, -0.2) is 259 Å². The summed E-state index contributed by atoms with van der Waals surface area (Å²) in [5.41, 5.74) is 6.72. The fourth-order valence-electron chi connectivity index (χ4n) is 10.4. The Hall–Kier alpha value is -4.64. The Morgan fingerprint density at radius 2 is 0.898 bits per heavy atom. The maximum absolute atomic E-state index is 12.0. The van der Waals surface area contributed by atoms with Crippen LogP contribution >= 0.6 is 0 Å². The van der Waals surface area contributed by atoms with Crippen molar-refractivity contribution in [1.29, 1.82) is 0 Å². The second-order valence-electron chi connectivity index (χ2n) is 21.2. The number of amides is 2. The Morgan fingerprint density at radius 3 is 1.40 bits per heavy atom. The predicted molar refractivity (Wildman–Crippen MR) is 328 cm³/mol. The van der Waals surface area contributed by atoms with Gasteiger partial charge in [-0.15, -0.1) is 5.06 Å². The molecule has 3 aliphatic heterocycles. The number of imide groups is 1. The number of para-hydroxylation sites is 2. The molecule has 3 heterocycles. The average Bonchev–Trinajstić information content (AvgIpc) is 3.89. The number of anilines is 1. The summed E-state index contributed by atoms with van der Waals surface area (Å²) < 4.78 is 93.2. The van der Waals surface area contributed by atoms with Gasteiger partial charge in [-0.25, -0.2) is 4.79 Å². The van der Waals surface area contributed by atoms with Crippen LogP contribution < -0.4 is 4.90 Å². The van der Waals surface area contributed by atoms with Crippen LogP contribution in [-0.2, 0) is 106 Å². The van der Waals surface area contributed by atoms with E-state index in [0.717, 1.165) is 31.4 Å². The Labute approximate surface area is 521 Å². The zero-order valence-corrected chi connectivity index (χ0v) is 53.2. The minimum absolute atomic E-state index is 0.0433. The normalized spacial score (nSPS) is 17.9. The third-order valence-electron chi connectivity index (χ3n) is 15.0. The van der Waals surface area contributed by atoms with E-state index in [1.807, 2.05) is 0 Å². The number of benzene rings is 2. The molecule has 0 aliphatic carbocycles. The van der Waals surface area contributed by atoms with Gasteiger partial charge in [-0.05, 0) is 50.8 Å². The van der Waals surface area contributed by atoms with E-state index in [0.29, 0.717) is 197 Å². The molecule has 0 N–H and O–H groups in total. The van der Waals surface area contributed by atoms with Gasteiger partial charge in [-0.1, -0.05) is 48.6 Å². The van der Waals surface area contributed by atoms with Crippen LogP contribution in [0.25, 0.3) is 0 Å². The smallest absolute Gasteiger partial charge is 0.335 e. The third-order valence-corrected chi connectivity index (χ3v) is 15.0. The van der Waals surface area contributed by atoms with E-state index in [1.165, 1.54) is 28.2 Å². The number of hydrogen-bond donors (Lipinski definition) is 0. The highest BCUT2D eigenvalue weighted by Crippen LogP contribution is 2.50. The standard InChI is InChI=1S/C65H102N3O20/c1-64(22-27-76-38-43-84-50-47-80-34-31-72-3)55-13-9-11-15-57(55)66(24-29-78-40-45-86-52-49-82-36-33-74-5)59(64)17-7-6-8-18-60-65(2,23-28-77-39-44-85-51-48-81-35-32-73-4)56-14-10-12-16-58(56)67(60)25-30-79-41-46-87-54-53-83-42-37-75-26-21-63(71)88-68-61(69)19-20-62(68)70/h6,8-16,18H,7,17,19-54H2,1-5H3/q+1/b8-6+,60-18+. The van der Waals surface area contributed by atoms with Gasteiger partial charge in [-0.2, -0.15) is 4.58 Å². The predicted octanol–water partition coefficient (Wildman–Crippen LogP) is 5.97. The number of hydrogen-bond acceptors (Lipinski definition) is 21. The average molecular weight is 1250 g/mol. The van der Waals surface area contributed by atoms with Gasteiger partial charge in [0.15, 0.2) is 12.3 Å². The highest BCUT2D eigenvalue weighted by Gasteiger charge is 2.48. The fourth-order valence-corrected chi connectivity index (χ4v) is 10.4. The molecule has 2 amide bonds. The molecule has 23 heteroatoms. The Balaban J connectivity index is 1.19. The molecule has 23 nitrogen and oxygen atoms in total. The molecule has 0 bridgehead atoms. The van der Waals surface area contributed by atoms with E-state index in [1.54, 1.807) is 21.3 Å². The molecular weight excluding hydrogens is 1140 g/mol. The van der Waals surface area contributed by atoms with Crippen molar-refractivity contribution in [1.82, 2.24) is 5.06 Å². The van der Waals surface area contributed by atoms with E-state index in [4.69, 9.17) is 80.6 Å². The van der Waals surface area contributed by atoms with Crippen LogP contribution in [0.5, 0.6) is 0 Å². The summed E-state index contributed by atoms with van der Waals surface area (Å²) in [6.45, 7) is 19.5. The molecular formula is C65H102N3O20+. The Kier molecular flexibility index (Phi) is 38.4. The molecule has 5 rings (SSSR count). The molecule has 2 atom stereocenters. The molecule has 2 unspecified atom stereocenters. The number of hydroxylamine groups is 2. The van der Waals surface area contributed by atoms with Crippen molar-refractivity contribution in [3.05, 3.63) is 83.6 Å². The molecule has 0 spiro atoms. The lowest BCUT2D eigenvalue weighted by Gasteiger charge is -2.30. The molecule has 3 aliphatic rings. The van der Waals surface area contributed by atoms with Gasteiger partial charge in [0.2, 0.25) is 5.69 Å². The van der Waals surface area contributed by atoms with Gasteiger partial charge in [-0.3, -0.25) is 9.59 Å². The number of fused-ring (bicyclic) bond motifs is 2. The van der Waals surface area contributed by atoms with E-state index >= 15 is 0 Å². The maximum Gasteiger partial charge on any atom is 0.335 e. The molecule has 2 aromatic rings. The lowest BCUT2D eigenvalue weighted by atomic mass is 9.75. The minimum atomic E-state index is -0.708. The Morgan fingerprint density at radius 1 is 0.489 bits per heavy atom. The van der Waals surface area contributed by atoms with Crippen molar-refractivity contribution in [2.75, 3.05) is 231 Å². The van der Waals surface area contributed by atoms with Crippen LogP contribution in [0.2, 0.25) is 0 Å². The molecule has 0 aromatic heterocycles. The highest BCUT2D eigenvalue weighted by molar-refractivity contribution is 6.01. The number of carbonyl (C=O) groups excluding carboxylic acids is 3. The number of allylic oxidation sites excluding steroid dienone is 4.